The monoisotopic (exact) mass is 358 g/mol. The summed E-state index contributed by atoms with van der Waals surface area (Å²) < 4.78 is 0. The molecule has 3 aromatic rings. The third-order valence-corrected chi connectivity index (χ3v) is 4.65. The Balaban J connectivity index is 1.64. The van der Waals surface area contributed by atoms with Crippen LogP contribution in [0.1, 0.15) is 47.7 Å². The minimum absolute atomic E-state index is 0.107. The van der Waals surface area contributed by atoms with Crippen molar-refractivity contribution in [3.8, 4) is 11.3 Å². The molecule has 3 heteroatoms. The molecular formula is C24H26N2O. The smallest absolute Gasteiger partial charge is 0.255 e. The zero-order valence-corrected chi connectivity index (χ0v) is 16.0. The van der Waals surface area contributed by atoms with Crippen molar-refractivity contribution < 1.29 is 4.79 Å². The number of hydrogen-bond acceptors (Lipinski definition) is 2. The van der Waals surface area contributed by atoms with Crippen molar-refractivity contribution in [3.05, 3.63) is 83.6 Å². The van der Waals surface area contributed by atoms with Crippen molar-refractivity contribution in [1.29, 1.82) is 0 Å². The fraction of sp³-hybridized carbons (Fsp3) is 0.250. The molecule has 3 nitrogen and oxygen atoms in total. The molecule has 0 aliphatic heterocycles. The van der Waals surface area contributed by atoms with Gasteiger partial charge in [-0.25, -0.2) is 0 Å². The van der Waals surface area contributed by atoms with Crippen LogP contribution in [0.4, 0.5) is 5.69 Å². The van der Waals surface area contributed by atoms with Gasteiger partial charge in [-0.3, -0.25) is 9.78 Å². The number of amides is 1. The maximum Gasteiger partial charge on any atom is 0.255 e. The second kappa shape index (κ2) is 9.13. The van der Waals surface area contributed by atoms with Crippen molar-refractivity contribution in [2.24, 2.45) is 0 Å². The molecule has 0 aliphatic carbocycles. The highest BCUT2D eigenvalue weighted by atomic mass is 16.1. The van der Waals surface area contributed by atoms with Crippen LogP contribution in [0.3, 0.4) is 0 Å². The second-order valence-corrected chi connectivity index (χ2v) is 6.91. The van der Waals surface area contributed by atoms with Crippen molar-refractivity contribution in [2.75, 3.05) is 5.32 Å². The van der Waals surface area contributed by atoms with Crippen molar-refractivity contribution in [1.82, 2.24) is 4.98 Å². The molecule has 0 unspecified atom stereocenters. The van der Waals surface area contributed by atoms with Crippen LogP contribution in [0.5, 0.6) is 0 Å². The lowest BCUT2D eigenvalue weighted by Crippen LogP contribution is -2.11. The van der Waals surface area contributed by atoms with Gasteiger partial charge in [0, 0.05) is 23.0 Å². The number of nitrogens with one attached hydrogen (secondary N) is 1. The second-order valence-electron chi connectivity index (χ2n) is 6.91. The Kier molecular flexibility index (Phi) is 6.37. The van der Waals surface area contributed by atoms with Crippen LogP contribution in [0.25, 0.3) is 11.3 Å². The first-order valence-electron chi connectivity index (χ1n) is 9.59. The molecule has 1 amide bonds. The van der Waals surface area contributed by atoms with Gasteiger partial charge in [-0.15, -0.1) is 0 Å². The highest BCUT2D eigenvalue weighted by Gasteiger charge is 2.07. The normalized spacial score (nSPS) is 10.6. The predicted octanol–water partition coefficient (Wildman–Crippen LogP) is 6.04. The Morgan fingerprint density at radius 2 is 1.67 bits per heavy atom. The van der Waals surface area contributed by atoms with Crippen molar-refractivity contribution >= 4 is 11.6 Å². The summed E-state index contributed by atoms with van der Waals surface area (Å²) in [6.07, 6.45) is 6.74. The Bertz CT molecular complexity index is 866. The number of carbonyl (C=O) groups is 1. The summed E-state index contributed by atoms with van der Waals surface area (Å²) in [5, 5.41) is 2.92. The highest BCUT2D eigenvalue weighted by molar-refractivity contribution is 6.04. The lowest BCUT2D eigenvalue weighted by molar-refractivity contribution is 0.102. The minimum atomic E-state index is -0.107. The van der Waals surface area contributed by atoms with Crippen LogP contribution in [-0.2, 0) is 6.42 Å². The maximum absolute atomic E-state index is 12.4. The van der Waals surface area contributed by atoms with E-state index >= 15 is 0 Å². The number of benzene rings is 2. The maximum atomic E-state index is 12.4. The topological polar surface area (TPSA) is 42.0 Å². The van der Waals surface area contributed by atoms with Crippen LogP contribution in [0.2, 0.25) is 0 Å². The Hall–Kier alpha value is -2.94. The molecule has 1 aromatic heterocycles. The lowest BCUT2D eigenvalue weighted by Gasteiger charge is -2.07. The van der Waals surface area contributed by atoms with Gasteiger partial charge in [0.05, 0.1) is 5.69 Å². The Labute approximate surface area is 161 Å². The summed E-state index contributed by atoms with van der Waals surface area (Å²) in [4.78, 5) is 17.0. The molecule has 1 heterocycles. The van der Waals surface area contributed by atoms with Crippen LogP contribution in [-0.4, -0.2) is 10.9 Å². The van der Waals surface area contributed by atoms with Gasteiger partial charge in [0.25, 0.3) is 5.91 Å². The SMILES string of the molecule is CCCCCc1ccc(-c2ccc(C(=O)Nc3ccc(C)cc3)cc2)nc1. The van der Waals surface area contributed by atoms with Gasteiger partial charge < -0.3 is 5.32 Å². The van der Waals surface area contributed by atoms with Gasteiger partial charge in [-0.1, -0.05) is 55.7 Å². The summed E-state index contributed by atoms with van der Waals surface area (Å²) in [6, 6.07) is 19.6. The lowest BCUT2D eigenvalue weighted by atomic mass is 10.1. The predicted molar refractivity (Wildman–Crippen MR) is 112 cm³/mol. The van der Waals surface area contributed by atoms with Gasteiger partial charge >= 0.3 is 0 Å². The summed E-state index contributed by atoms with van der Waals surface area (Å²) >= 11 is 0. The van der Waals surface area contributed by atoms with Gasteiger partial charge in [0.1, 0.15) is 0 Å². The molecule has 0 bridgehead atoms. The molecule has 27 heavy (non-hydrogen) atoms. The van der Waals surface area contributed by atoms with E-state index in [2.05, 4.69) is 29.4 Å². The summed E-state index contributed by atoms with van der Waals surface area (Å²) in [6.45, 7) is 4.24. The van der Waals surface area contributed by atoms with Crippen LogP contribution in [0, 0.1) is 6.92 Å². The number of aromatic nitrogens is 1. The highest BCUT2D eigenvalue weighted by Crippen LogP contribution is 2.19. The largest absolute Gasteiger partial charge is 0.322 e. The van der Waals surface area contributed by atoms with E-state index in [-0.39, 0.29) is 5.91 Å². The third kappa shape index (κ3) is 5.27. The van der Waals surface area contributed by atoms with Crippen molar-refractivity contribution in [2.45, 2.75) is 39.5 Å². The molecule has 0 atom stereocenters. The molecule has 138 valence electrons. The molecule has 1 N–H and O–H groups in total. The molecule has 3 rings (SSSR count). The summed E-state index contributed by atoms with van der Waals surface area (Å²) in [7, 11) is 0. The number of hydrogen-bond donors (Lipinski definition) is 1. The first kappa shape index (κ1) is 18.8. The number of carbonyl (C=O) groups excluding carboxylic acids is 1. The van der Waals surface area contributed by atoms with E-state index in [9.17, 15) is 4.79 Å². The number of anilines is 1. The molecule has 0 radical (unpaired) electrons. The fourth-order valence-electron chi connectivity index (χ4n) is 2.95. The first-order valence-corrected chi connectivity index (χ1v) is 9.59. The number of rotatable bonds is 7. The van der Waals surface area contributed by atoms with Gasteiger partial charge in [-0.05, 0) is 55.7 Å². The average Bonchev–Trinajstić information content (AvgIpc) is 2.70. The van der Waals surface area contributed by atoms with E-state index in [1.165, 1.54) is 30.4 Å². The molecule has 0 saturated carbocycles. The number of pyridine rings is 1. The van der Waals surface area contributed by atoms with Crippen LogP contribution >= 0.6 is 0 Å². The zero-order valence-electron chi connectivity index (χ0n) is 16.0. The van der Waals surface area contributed by atoms with E-state index in [0.717, 1.165) is 23.4 Å². The van der Waals surface area contributed by atoms with E-state index in [1.54, 1.807) is 0 Å². The number of aryl methyl sites for hydroxylation is 2. The molecule has 0 saturated heterocycles. The van der Waals surface area contributed by atoms with E-state index in [4.69, 9.17) is 0 Å². The zero-order chi connectivity index (χ0) is 19.1. The van der Waals surface area contributed by atoms with E-state index in [0.29, 0.717) is 5.56 Å². The molecule has 0 spiro atoms. The van der Waals surface area contributed by atoms with E-state index in [1.807, 2.05) is 61.7 Å². The summed E-state index contributed by atoms with van der Waals surface area (Å²) in [5.74, 6) is -0.107. The molecule has 0 fully saturated rings. The quantitative estimate of drug-likeness (QED) is 0.523. The van der Waals surface area contributed by atoms with Crippen LogP contribution in [0.15, 0.2) is 66.9 Å². The fourth-order valence-corrected chi connectivity index (χ4v) is 2.95. The Morgan fingerprint density at radius 3 is 2.30 bits per heavy atom. The average molecular weight is 358 g/mol. The first-order chi connectivity index (χ1) is 13.2. The molecule has 0 aliphatic rings. The standard InChI is InChI=1S/C24H26N2O/c1-3-4-5-6-19-9-16-23(25-17-19)20-10-12-21(13-11-20)24(27)26-22-14-7-18(2)8-15-22/h7-17H,3-6H2,1-2H3,(H,26,27). The van der Waals surface area contributed by atoms with Gasteiger partial charge in [-0.2, -0.15) is 0 Å². The van der Waals surface area contributed by atoms with Crippen molar-refractivity contribution in [3.63, 3.8) is 0 Å². The minimum Gasteiger partial charge on any atom is -0.322 e. The summed E-state index contributed by atoms with van der Waals surface area (Å²) in [5.41, 5.74) is 5.83. The Morgan fingerprint density at radius 1 is 0.926 bits per heavy atom. The van der Waals surface area contributed by atoms with Gasteiger partial charge in [0.15, 0.2) is 0 Å². The molecule has 2 aromatic carbocycles. The van der Waals surface area contributed by atoms with E-state index < -0.39 is 0 Å². The molecular weight excluding hydrogens is 332 g/mol. The van der Waals surface area contributed by atoms with Gasteiger partial charge in [0.2, 0.25) is 0 Å². The third-order valence-electron chi connectivity index (χ3n) is 4.65. The number of unbranched alkanes of at least 4 members (excludes halogenated alkanes) is 2. The van der Waals surface area contributed by atoms with Crippen LogP contribution < -0.4 is 5.32 Å². The number of nitrogens with zero attached hydrogens (tertiary/aromatic N) is 1.